The lowest BCUT2D eigenvalue weighted by Gasteiger charge is -2.55. The van der Waals surface area contributed by atoms with Crippen molar-refractivity contribution in [3.63, 3.8) is 0 Å². The Bertz CT molecular complexity index is 742. The summed E-state index contributed by atoms with van der Waals surface area (Å²) in [5.41, 5.74) is 1.84. The van der Waals surface area contributed by atoms with Crippen molar-refractivity contribution in [2.45, 2.75) is 25.5 Å². The quantitative estimate of drug-likeness (QED) is 0.619. The number of hydroxylamine groups is 3. The summed E-state index contributed by atoms with van der Waals surface area (Å²) >= 11 is 0. The maximum absolute atomic E-state index is 13.0. The highest BCUT2D eigenvalue weighted by molar-refractivity contribution is 5.87. The first-order valence-electron chi connectivity index (χ1n) is 9.27. The number of rotatable bonds is 4. The number of carbonyl (C=O) groups excluding carboxylic acids is 1. The molecule has 0 aliphatic carbocycles. The lowest BCUT2D eigenvalue weighted by atomic mass is 9.85. The van der Waals surface area contributed by atoms with Crippen molar-refractivity contribution in [3.05, 3.63) is 71.4 Å². The summed E-state index contributed by atoms with van der Waals surface area (Å²) in [7, 11) is 0. The molecule has 1 atom stereocenters. The Kier molecular flexibility index (Phi) is 4.66. The molecule has 5 rings (SSSR count). The minimum Gasteiger partial charge on any atom is -0.633 e. The Morgan fingerprint density at radius 2 is 1.65 bits per heavy atom. The Labute approximate surface area is 154 Å². The molecule has 3 fully saturated rings. The molecule has 3 saturated heterocycles. The van der Waals surface area contributed by atoms with Crippen LogP contribution in [0, 0.1) is 11.1 Å². The molecular formula is C21H24N2O3. The van der Waals surface area contributed by atoms with Crippen LogP contribution in [-0.4, -0.2) is 36.5 Å². The first kappa shape index (κ1) is 17.1. The second-order valence-corrected chi connectivity index (χ2v) is 7.35. The van der Waals surface area contributed by atoms with Crippen LogP contribution in [0.1, 0.15) is 18.4 Å². The van der Waals surface area contributed by atoms with E-state index in [2.05, 4.69) is 0 Å². The topological polar surface area (TPSA) is 52.6 Å². The predicted octanol–water partition coefficient (Wildman–Crippen LogP) is 3.94. The highest BCUT2D eigenvalue weighted by Crippen LogP contribution is 2.35. The molecule has 2 bridgehead atoms. The van der Waals surface area contributed by atoms with Gasteiger partial charge in [-0.25, -0.2) is 4.79 Å². The Morgan fingerprint density at radius 1 is 1.04 bits per heavy atom. The predicted molar refractivity (Wildman–Crippen MR) is 100 cm³/mol. The first-order chi connectivity index (χ1) is 12.6. The molecule has 26 heavy (non-hydrogen) atoms. The number of anilines is 1. The Balaban J connectivity index is 1.53. The van der Waals surface area contributed by atoms with Gasteiger partial charge >= 0.3 is 6.09 Å². The summed E-state index contributed by atoms with van der Waals surface area (Å²) in [6.45, 7) is 2.15. The number of amides is 1. The van der Waals surface area contributed by atoms with Crippen molar-refractivity contribution >= 4 is 11.8 Å². The van der Waals surface area contributed by atoms with Crippen LogP contribution in [0.5, 0.6) is 0 Å². The van der Waals surface area contributed by atoms with Crippen LogP contribution < -0.4 is 4.90 Å². The van der Waals surface area contributed by atoms with Crippen LogP contribution >= 0.6 is 0 Å². The first-order valence-corrected chi connectivity index (χ1v) is 9.27. The number of nitrogens with zero attached hydrogens (tertiary/aromatic N) is 2. The fourth-order valence-electron chi connectivity index (χ4n) is 4.05. The summed E-state index contributed by atoms with van der Waals surface area (Å²) in [6.07, 6.45) is 1.06. The van der Waals surface area contributed by atoms with Gasteiger partial charge in [-0.2, -0.15) is 0 Å². The van der Waals surface area contributed by atoms with Crippen LogP contribution in [-0.2, 0) is 11.3 Å². The van der Waals surface area contributed by atoms with Gasteiger partial charge in [-0.15, -0.1) is 0 Å². The van der Waals surface area contributed by atoms with Crippen LogP contribution in [0.2, 0.25) is 0 Å². The third kappa shape index (κ3) is 3.59. The van der Waals surface area contributed by atoms with Gasteiger partial charge in [-0.1, -0.05) is 48.5 Å². The van der Waals surface area contributed by atoms with E-state index in [1.807, 2.05) is 60.7 Å². The highest BCUT2D eigenvalue weighted by Gasteiger charge is 2.43. The largest absolute Gasteiger partial charge is 0.633 e. The third-order valence-corrected chi connectivity index (χ3v) is 5.58. The van der Waals surface area contributed by atoms with E-state index in [0.29, 0.717) is 32.1 Å². The second-order valence-electron chi connectivity index (χ2n) is 7.35. The molecular weight excluding hydrogens is 328 g/mol. The summed E-state index contributed by atoms with van der Waals surface area (Å²) in [5.74, 6) is 0.322. The van der Waals surface area contributed by atoms with Gasteiger partial charge in [0.1, 0.15) is 6.54 Å². The molecule has 136 valence electrons. The third-order valence-electron chi connectivity index (χ3n) is 5.58. The van der Waals surface area contributed by atoms with E-state index in [-0.39, 0.29) is 16.8 Å². The number of hydrogen-bond donors (Lipinski definition) is 0. The van der Waals surface area contributed by atoms with Crippen molar-refractivity contribution in [3.8, 4) is 0 Å². The fraction of sp³-hybridized carbons (Fsp3) is 0.381. The number of para-hydroxylation sites is 1. The Morgan fingerprint density at radius 3 is 2.27 bits per heavy atom. The number of carbonyl (C=O) groups is 1. The fourth-order valence-corrected chi connectivity index (χ4v) is 4.05. The zero-order valence-corrected chi connectivity index (χ0v) is 14.8. The number of hydrogen-bond acceptors (Lipinski definition) is 3. The molecule has 0 aromatic heterocycles. The van der Waals surface area contributed by atoms with Gasteiger partial charge in [0.05, 0.1) is 19.6 Å². The lowest BCUT2D eigenvalue weighted by molar-refractivity contribution is -0.900. The molecule has 5 heteroatoms. The van der Waals surface area contributed by atoms with E-state index in [4.69, 9.17) is 4.74 Å². The van der Waals surface area contributed by atoms with E-state index in [0.717, 1.165) is 24.1 Å². The molecule has 0 N–H and O–H groups in total. The maximum Gasteiger partial charge on any atom is 0.415 e. The zero-order valence-electron chi connectivity index (χ0n) is 14.8. The molecule has 1 unspecified atom stereocenters. The average Bonchev–Trinajstić information content (AvgIpc) is 2.67. The summed E-state index contributed by atoms with van der Waals surface area (Å²) in [4.78, 5) is 14.6. The number of benzene rings is 2. The van der Waals surface area contributed by atoms with Gasteiger partial charge < -0.3 is 14.6 Å². The molecule has 2 aromatic rings. The normalized spacial score (nSPS) is 27.1. The minimum atomic E-state index is -0.370. The molecule has 5 nitrogen and oxygen atoms in total. The lowest BCUT2D eigenvalue weighted by Crippen LogP contribution is -2.61. The van der Waals surface area contributed by atoms with Gasteiger partial charge in [-0.05, 0) is 17.7 Å². The van der Waals surface area contributed by atoms with Crippen molar-refractivity contribution < 1.29 is 14.2 Å². The minimum absolute atomic E-state index is 0.210. The molecule has 3 heterocycles. The van der Waals surface area contributed by atoms with Gasteiger partial charge in [0.25, 0.3) is 0 Å². The van der Waals surface area contributed by atoms with Gasteiger partial charge in [-0.3, -0.25) is 4.90 Å². The number of piperidine rings is 3. The number of quaternary nitrogens is 1. The van der Waals surface area contributed by atoms with E-state index in [9.17, 15) is 10.0 Å². The number of ether oxygens (including phenoxy) is 1. The zero-order chi connectivity index (χ0) is 18.0. The molecule has 3 aliphatic rings. The second kappa shape index (κ2) is 7.09. The molecule has 0 spiro atoms. The van der Waals surface area contributed by atoms with Crippen molar-refractivity contribution in [2.75, 3.05) is 24.5 Å². The van der Waals surface area contributed by atoms with Gasteiger partial charge in [0.15, 0.2) is 6.10 Å². The average molecular weight is 352 g/mol. The molecule has 0 saturated carbocycles. The van der Waals surface area contributed by atoms with Crippen LogP contribution in [0.3, 0.4) is 0 Å². The van der Waals surface area contributed by atoms with E-state index in [1.54, 1.807) is 4.90 Å². The molecule has 0 radical (unpaired) electrons. The summed E-state index contributed by atoms with van der Waals surface area (Å²) in [6, 6.07) is 19.4. The summed E-state index contributed by atoms with van der Waals surface area (Å²) < 4.78 is 5.64. The standard InChI is InChI=1S/C21H24N2O3/c24-21(26-20-16-23(25)13-11-18(20)12-14-23)22(19-9-5-2-6-10-19)15-17-7-3-1-4-8-17/h1-10,18,20H,11-16H2. The van der Waals surface area contributed by atoms with Gasteiger partial charge in [0, 0.05) is 24.4 Å². The molecule has 1 amide bonds. The molecule has 3 aliphatic heterocycles. The van der Waals surface area contributed by atoms with Crippen molar-refractivity contribution in [1.82, 2.24) is 0 Å². The monoisotopic (exact) mass is 352 g/mol. The highest BCUT2D eigenvalue weighted by atomic mass is 16.6. The van der Waals surface area contributed by atoms with Crippen molar-refractivity contribution in [2.24, 2.45) is 5.92 Å². The summed E-state index contributed by atoms with van der Waals surface area (Å²) in [5, 5.41) is 12.6. The Hall–Kier alpha value is -2.37. The van der Waals surface area contributed by atoms with Crippen molar-refractivity contribution in [1.29, 1.82) is 0 Å². The van der Waals surface area contributed by atoms with Gasteiger partial charge in [0.2, 0.25) is 0 Å². The van der Waals surface area contributed by atoms with Crippen LogP contribution in [0.15, 0.2) is 60.7 Å². The smallest absolute Gasteiger partial charge is 0.415 e. The molecule has 2 aromatic carbocycles. The van der Waals surface area contributed by atoms with E-state index >= 15 is 0 Å². The SMILES string of the molecule is O=C(OC1C[N+]2([O-])CCC1CC2)N(Cc1ccccc1)c1ccccc1. The van der Waals surface area contributed by atoms with Crippen LogP contribution in [0.25, 0.3) is 0 Å². The number of fused-ring (bicyclic) bond motifs is 3. The van der Waals surface area contributed by atoms with Crippen LogP contribution in [0.4, 0.5) is 10.5 Å². The van der Waals surface area contributed by atoms with E-state index in [1.165, 1.54) is 0 Å². The van der Waals surface area contributed by atoms with E-state index < -0.39 is 0 Å². The maximum atomic E-state index is 13.0.